The Bertz CT molecular complexity index is 1260. The molecule has 3 aromatic carbocycles. The second-order valence-electron chi connectivity index (χ2n) is 6.71. The number of benzene rings is 3. The zero-order valence-corrected chi connectivity index (χ0v) is 18.4. The topological polar surface area (TPSA) is 125 Å². The molecule has 0 fully saturated rings. The first kappa shape index (κ1) is 23.5. The minimum atomic E-state index is -4.08. The van der Waals surface area contributed by atoms with Gasteiger partial charge in [-0.25, -0.2) is 18.6 Å². The van der Waals surface area contributed by atoms with Crippen molar-refractivity contribution in [2.75, 3.05) is 18.0 Å². The number of nitrogens with zero attached hydrogens (tertiary/aromatic N) is 2. The van der Waals surface area contributed by atoms with E-state index in [1.807, 2.05) is 0 Å². The number of aromatic carboxylic acids is 1. The van der Waals surface area contributed by atoms with Gasteiger partial charge in [-0.05, 0) is 42.5 Å². The van der Waals surface area contributed by atoms with Crippen LogP contribution in [0.2, 0.25) is 0 Å². The lowest BCUT2D eigenvalue weighted by atomic mass is 10.1. The van der Waals surface area contributed by atoms with E-state index in [2.05, 4.69) is 10.5 Å². The highest BCUT2D eigenvalue weighted by atomic mass is 32.2. The molecule has 0 aliphatic heterocycles. The second-order valence-corrected chi connectivity index (χ2v) is 8.57. The summed E-state index contributed by atoms with van der Waals surface area (Å²) in [5.74, 6) is -1.35. The number of sulfonamides is 1. The van der Waals surface area contributed by atoms with E-state index < -0.39 is 28.4 Å². The highest BCUT2D eigenvalue weighted by Crippen LogP contribution is 2.24. The number of hydrogen-bond acceptors (Lipinski definition) is 6. The van der Waals surface area contributed by atoms with Crippen LogP contribution in [0.1, 0.15) is 15.9 Å². The van der Waals surface area contributed by atoms with Crippen LogP contribution < -0.4 is 14.5 Å². The Morgan fingerprint density at radius 3 is 2.27 bits per heavy atom. The first-order valence-electron chi connectivity index (χ1n) is 9.69. The van der Waals surface area contributed by atoms with E-state index in [4.69, 9.17) is 4.74 Å². The van der Waals surface area contributed by atoms with Crippen LogP contribution in [0.25, 0.3) is 0 Å². The van der Waals surface area contributed by atoms with Gasteiger partial charge in [-0.3, -0.25) is 9.10 Å². The SMILES string of the molecule is COc1ccc(S(=O)(=O)N(CC(=O)N/N=C\c2ccccc2C(=O)O)c2ccccc2)cc1. The minimum absolute atomic E-state index is 0.0150. The molecule has 0 heterocycles. The standard InChI is InChI=1S/C23H21N3O6S/c1-32-19-11-13-20(14-12-19)33(30,31)26(18-8-3-2-4-9-18)16-22(27)25-24-15-17-7-5-6-10-21(17)23(28)29/h2-15H,16H2,1H3,(H,25,27)(H,28,29)/b24-15-. The van der Waals surface area contributed by atoms with Crippen molar-refractivity contribution in [1.29, 1.82) is 0 Å². The van der Waals surface area contributed by atoms with Crippen LogP contribution in [0.5, 0.6) is 5.75 Å². The molecule has 0 unspecified atom stereocenters. The van der Waals surface area contributed by atoms with Crippen molar-refractivity contribution in [2.24, 2.45) is 5.10 Å². The van der Waals surface area contributed by atoms with Crippen molar-refractivity contribution in [2.45, 2.75) is 4.90 Å². The number of methoxy groups -OCH3 is 1. The number of carbonyl (C=O) groups excluding carboxylic acids is 1. The van der Waals surface area contributed by atoms with Crippen LogP contribution in [-0.2, 0) is 14.8 Å². The predicted molar refractivity (Wildman–Crippen MR) is 123 cm³/mol. The lowest BCUT2D eigenvalue weighted by Gasteiger charge is -2.23. The number of anilines is 1. The lowest BCUT2D eigenvalue weighted by molar-refractivity contribution is -0.119. The zero-order chi connectivity index (χ0) is 23.8. The number of nitrogens with one attached hydrogen (secondary N) is 1. The molecule has 2 N–H and O–H groups in total. The number of carboxylic acid groups (broad SMARTS) is 1. The number of rotatable bonds is 9. The first-order chi connectivity index (χ1) is 15.8. The van der Waals surface area contributed by atoms with Gasteiger partial charge in [-0.2, -0.15) is 5.10 Å². The van der Waals surface area contributed by atoms with Gasteiger partial charge in [-0.15, -0.1) is 0 Å². The van der Waals surface area contributed by atoms with Crippen LogP contribution >= 0.6 is 0 Å². The molecule has 10 heteroatoms. The number of hydrogen-bond donors (Lipinski definition) is 2. The highest BCUT2D eigenvalue weighted by Gasteiger charge is 2.27. The molecule has 0 atom stereocenters. The van der Waals surface area contributed by atoms with E-state index >= 15 is 0 Å². The monoisotopic (exact) mass is 467 g/mol. The molecule has 3 rings (SSSR count). The summed E-state index contributed by atoms with van der Waals surface area (Å²) in [6.07, 6.45) is 1.19. The van der Waals surface area contributed by atoms with E-state index in [1.54, 1.807) is 42.5 Å². The third-order valence-electron chi connectivity index (χ3n) is 4.56. The van der Waals surface area contributed by atoms with E-state index in [9.17, 15) is 23.1 Å². The zero-order valence-electron chi connectivity index (χ0n) is 17.6. The molecule has 1 amide bonds. The van der Waals surface area contributed by atoms with Crippen LogP contribution in [0, 0.1) is 0 Å². The largest absolute Gasteiger partial charge is 0.497 e. The van der Waals surface area contributed by atoms with E-state index in [0.717, 1.165) is 4.31 Å². The Kier molecular flexibility index (Phi) is 7.42. The van der Waals surface area contributed by atoms with Crippen molar-refractivity contribution in [3.63, 3.8) is 0 Å². The Morgan fingerprint density at radius 1 is 1.00 bits per heavy atom. The summed E-state index contributed by atoms with van der Waals surface area (Å²) in [6, 6.07) is 20.1. The van der Waals surface area contributed by atoms with Gasteiger partial charge in [0.2, 0.25) is 0 Å². The third-order valence-corrected chi connectivity index (χ3v) is 6.35. The summed E-state index contributed by atoms with van der Waals surface area (Å²) >= 11 is 0. The number of carboxylic acids is 1. The maximum atomic E-state index is 13.3. The van der Waals surface area contributed by atoms with Gasteiger partial charge >= 0.3 is 5.97 Å². The molecule has 170 valence electrons. The maximum absolute atomic E-state index is 13.3. The summed E-state index contributed by atoms with van der Waals surface area (Å²) in [5.41, 5.74) is 2.85. The summed E-state index contributed by atoms with van der Waals surface area (Å²) in [4.78, 5) is 23.8. The van der Waals surface area contributed by atoms with E-state index in [1.165, 1.54) is 49.7 Å². The summed E-state index contributed by atoms with van der Waals surface area (Å²) < 4.78 is 32.6. The fraction of sp³-hybridized carbons (Fsp3) is 0.0870. The van der Waals surface area contributed by atoms with Crippen molar-refractivity contribution >= 4 is 33.8 Å². The van der Waals surface area contributed by atoms with Gasteiger partial charge in [0.25, 0.3) is 15.9 Å². The molecule has 0 saturated heterocycles. The van der Waals surface area contributed by atoms with Crippen molar-refractivity contribution in [3.05, 3.63) is 90.0 Å². The molecule has 0 radical (unpaired) electrons. The number of ether oxygens (including phenoxy) is 1. The molecule has 33 heavy (non-hydrogen) atoms. The molecule has 3 aromatic rings. The Morgan fingerprint density at radius 2 is 1.64 bits per heavy atom. The van der Waals surface area contributed by atoms with Gasteiger partial charge in [0.05, 0.1) is 29.5 Å². The third kappa shape index (κ3) is 5.74. The molecule has 0 aromatic heterocycles. The van der Waals surface area contributed by atoms with Gasteiger partial charge < -0.3 is 9.84 Å². The minimum Gasteiger partial charge on any atom is -0.497 e. The maximum Gasteiger partial charge on any atom is 0.336 e. The molecular formula is C23H21N3O6S. The Balaban J connectivity index is 1.82. The second kappa shape index (κ2) is 10.4. The normalized spacial score (nSPS) is 11.2. The Labute approximate surface area is 191 Å². The molecule has 0 saturated carbocycles. The summed E-state index contributed by atoms with van der Waals surface area (Å²) in [6.45, 7) is -0.545. The van der Waals surface area contributed by atoms with E-state index in [0.29, 0.717) is 11.4 Å². The number of carbonyl (C=O) groups is 2. The fourth-order valence-electron chi connectivity index (χ4n) is 2.93. The first-order valence-corrected chi connectivity index (χ1v) is 11.1. The molecule has 0 spiro atoms. The molecule has 0 bridgehead atoms. The molecule has 0 aliphatic carbocycles. The molecule has 0 aliphatic rings. The van der Waals surface area contributed by atoms with Gasteiger partial charge in [0.1, 0.15) is 12.3 Å². The van der Waals surface area contributed by atoms with Crippen molar-refractivity contribution < 1.29 is 27.9 Å². The predicted octanol–water partition coefficient (Wildman–Crippen LogP) is 2.74. The fourth-order valence-corrected chi connectivity index (χ4v) is 4.35. The number of para-hydroxylation sites is 1. The number of hydrazone groups is 1. The number of amides is 1. The summed E-state index contributed by atoms with van der Waals surface area (Å²) in [5, 5.41) is 13.0. The van der Waals surface area contributed by atoms with E-state index in [-0.39, 0.29) is 16.0 Å². The molecular weight excluding hydrogens is 446 g/mol. The van der Waals surface area contributed by atoms with Crippen LogP contribution in [0.15, 0.2) is 88.9 Å². The van der Waals surface area contributed by atoms with Crippen LogP contribution in [0.3, 0.4) is 0 Å². The quantitative estimate of drug-likeness (QED) is 0.368. The highest BCUT2D eigenvalue weighted by molar-refractivity contribution is 7.92. The van der Waals surface area contributed by atoms with Gasteiger partial charge in [0, 0.05) is 5.56 Å². The van der Waals surface area contributed by atoms with Crippen molar-refractivity contribution in [1.82, 2.24) is 5.43 Å². The molecule has 9 nitrogen and oxygen atoms in total. The smallest absolute Gasteiger partial charge is 0.336 e. The lowest BCUT2D eigenvalue weighted by Crippen LogP contribution is -2.39. The van der Waals surface area contributed by atoms with Crippen LogP contribution in [0.4, 0.5) is 5.69 Å². The van der Waals surface area contributed by atoms with Crippen LogP contribution in [-0.4, -0.2) is 45.3 Å². The van der Waals surface area contributed by atoms with Crippen molar-refractivity contribution in [3.8, 4) is 5.75 Å². The van der Waals surface area contributed by atoms with Gasteiger partial charge in [0.15, 0.2) is 0 Å². The van der Waals surface area contributed by atoms with Gasteiger partial charge in [-0.1, -0.05) is 36.4 Å². The average Bonchev–Trinajstić information content (AvgIpc) is 2.83. The Hall–Kier alpha value is -4.18. The summed E-state index contributed by atoms with van der Waals surface area (Å²) in [7, 11) is -2.61. The average molecular weight is 468 g/mol.